The van der Waals surface area contributed by atoms with Crippen LogP contribution >= 0.6 is 0 Å². The van der Waals surface area contributed by atoms with E-state index in [9.17, 15) is 5.11 Å². The van der Waals surface area contributed by atoms with E-state index in [1.165, 1.54) is 0 Å². The van der Waals surface area contributed by atoms with Crippen LogP contribution in [-0.2, 0) is 20.2 Å². The van der Waals surface area contributed by atoms with Gasteiger partial charge in [-0.15, -0.1) is 6.58 Å². The fourth-order valence-electron chi connectivity index (χ4n) is 3.48. The van der Waals surface area contributed by atoms with E-state index in [1.807, 2.05) is 38.1 Å². The summed E-state index contributed by atoms with van der Waals surface area (Å²) >= 11 is 0. The Kier molecular flexibility index (Phi) is 12.5. The number of hydrogen-bond acceptors (Lipinski definition) is 4. The molecule has 0 bridgehead atoms. The molecule has 6 heteroatoms. The summed E-state index contributed by atoms with van der Waals surface area (Å²) < 4.78 is 20.0. The molecule has 0 spiro atoms. The first kappa shape index (κ1) is 34.3. The third-order valence-corrected chi connectivity index (χ3v) is 17.8. The van der Waals surface area contributed by atoms with Gasteiger partial charge in [0.2, 0.25) is 0 Å². The molecular formula is C31H58O4Si2. The summed E-state index contributed by atoms with van der Waals surface area (Å²) in [6.45, 7) is 32.1. The third-order valence-electron chi connectivity index (χ3n) is 8.70. The Balaban J connectivity index is 3.14. The maximum atomic E-state index is 11.1. The molecule has 0 aliphatic rings. The molecule has 3 atom stereocenters. The summed E-state index contributed by atoms with van der Waals surface area (Å²) in [5.41, 5.74) is 0.739. The summed E-state index contributed by atoms with van der Waals surface area (Å²) in [6, 6.07) is 10.2. The van der Waals surface area contributed by atoms with Crippen LogP contribution in [0, 0.1) is 5.41 Å². The Morgan fingerprint density at radius 2 is 1.38 bits per heavy atom. The molecule has 0 saturated heterocycles. The highest BCUT2D eigenvalue weighted by Gasteiger charge is 2.41. The van der Waals surface area contributed by atoms with E-state index < -0.39 is 28.2 Å². The third kappa shape index (κ3) is 11.1. The SMILES string of the molecule is C=CC(C)(C)[C@@H](O)C[C@@H](C[C@H](CCO[Si](C)(C)C(C)(C)C)O[Si](C)(C)C(C)(C)C)OCc1ccccc1. The summed E-state index contributed by atoms with van der Waals surface area (Å²) in [6.07, 6.45) is 3.23. The van der Waals surface area contributed by atoms with Crippen LogP contribution < -0.4 is 0 Å². The van der Waals surface area contributed by atoms with Crippen molar-refractivity contribution >= 4 is 16.6 Å². The number of aliphatic hydroxyl groups excluding tert-OH is 1. The molecule has 4 nitrogen and oxygen atoms in total. The van der Waals surface area contributed by atoms with Crippen LogP contribution in [0.5, 0.6) is 0 Å². The van der Waals surface area contributed by atoms with Crippen molar-refractivity contribution in [3.8, 4) is 0 Å². The number of aliphatic hydroxyl groups is 1. The van der Waals surface area contributed by atoms with E-state index >= 15 is 0 Å². The lowest BCUT2D eigenvalue weighted by Gasteiger charge is -2.41. The van der Waals surface area contributed by atoms with Crippen LogP contribution in [0.4, 0.5) is 0 Å². The largest absolute Gasteiger partial charge is 0.417 e. The number of hydrogen-bond donors (Lipinski definition) is 1. The van der Waals surface area contributed by atoms with Gasteiger partial charge in [0.25, 0.3) is 0 Å². The highest BCUT2D eigenvalue weighted by Crippen LogP contribution is 2.40. The summed E-state index contributed by atoms with van der Waals surface area (Å²) in [5, 5.41) is 11.4. The van der Waals surface area contributed by atoms with E-state index in [0.29, 0.717) is 19.6 Å². The topological polar surface area (TPSA) is 47.9 Å². The van der Waals surface area contributed by atoms with Gasteiger partial charge in [0.1, 0.15) is 0 Å². The average molecular weight is 551 g/mol. The van der Waals surface area contributed by atoms with Crippen molar-refractivity contribution in [1.82, 2.24) is 0 Å². The van der Waals surface area contributed by atoms with Crippen LogP contribution in [0.15, 0.2) is 43.0 Å². The zero-order chi connectivity index (χ0) is 28.7. The second-order valence-electron chi connectivity index (χ2n) is 14.3. The maximum absolute atomic E-state index is 11.1. The van der Waals surface area contributed by atoms with Gasteiger partial charge >= 0.3 is 0 Å². The van der Waals surface area contributed by atoms with Gasteiger partial charge in [-0.25, -0.2) is 0 Å². The van der Waals surface area contributed by atoms with E-state index in [0.717, 1.165) is 18.4 Å². The van der Waals surface area contributed by atoms with Gasteiger partial charge in [-0.1, -0.05) is 91.8 Å². The first-order chi connectivity index (χ1) is 16.7. The molecule has 0 heterocycles. The fourth-order valence-corrected chi connectivity index (χ4v) is 5.95. The van der Waals surface area contributed by atoms with E-state index in [4.69, 9.17) is 13.6 Å². The monoisotopic (exact) mass is 550 g/mol. The minimum Gasteiger partial charge on any atom is -0.417 e. The highest BCUT2D eigenvalue weighted by atomic mass is 28.4. The van der Waals surface area contributed by atoms with Crippen LogP contribution in [0.25, 0.3) is 0 Å². The first-order valence-electron chi connectivity index (χ1n) is 14.0. The maximum Gasteiger partial charge on any atom is 0.192 e. The predicted molar refractivity (Wildman–Crippen MR) is 164 cm³/mol. The Morgan fingerprint density at radius 3 is 1.86 bits per heavy atom. The lowest BCUT2D eigenvalue weighted by Crippen LogP contribution is -2.46. The van der Waals surface area contributed by atoms with Crippen molar-refractivity contribution in [1.29, 1.82) is 0 Å². The zero-order valence-corrected chi connectivity index (χ0v) is 28.1. The van der Waals surface area contributed by atoms with Crippen LogP contribution in [0.2, 0.25) is 36.3 Å². The number of benzene rings is 1. The lowest BCUT2D eigenvalue weighted by atomic mass is 9.83. The molecule has 0 fully saturated rings. The van der Waals surface area contributed by atoms with E-state index in [1.54, 1.807) is 0 Å². The molecule has 0 aromatic heterocycles. The number of rotatable bonds is 15. The van der Waals surface area contributed by atoms with Crippen molar-refractivity contribution < 1.29 is 18.7 Å². The molecular weight excluding hydrogens is 493 g/mol. The molecule has 37 heavy (non-hydrogen) atoms. The van der Waals surface area contributed by atoms with Crippen molar-refractivity contribution in [3.05, 3.63) is 48.6 Å². The molecule has 1 aromatic rings. The number of ether oxygens (including phenoxy) is 1. The lowest BCUT2D eigenvalue weighted by molar-refractivity contribution is -0.0410. The van der Waals surface area contributed by atoms with Crippen molar-refractivity contribution in [2.24, 2.45) is 5.41 Å². The minimum absolute atomic E-state index is 0.00507. The van der Waals surface area contributed by atoms with Crippen molar-refractivity contribution in [3.63, 3.8) is 0 Å². The summed E-state index contributed by atoms with van der Waals surface area (Å²) in [4.78, 5) is 0. The molecule has 1 aromatic carbocycles. The van der Waals surface area contributed by atoms with Gasteiger partial charge < -0.3 is 18.7 Å². The van der Waals surface area contributed by atoms with Gasteiger partial charge in [-0.3, -0.25) is 0 Å². The Bertz CT molecular complexity index is 807. The molecule has 0 unspecified atom stereocenters. The van der Waals surface area contributed by atoms with Gasteiger partial charge in [0.15, 0.2) is 16.6 Å². The summed E-state index contributed by atoms with van der Waals surface area (Å²) in [5.74, 6) is 0. The predicted octanol–water partition coefficient (Wildman–Crippen LogP) is 8.73. The van der Waals surface area contributed by atoms with Crippen LogP contribution in [-0.4, -0.2) is 46.7 Å². The molecule has 1 N–H and O–H groups in total. The minimum atomic E-state index is -2.02. The van der Waals surface area contributed by atoms with Gasteiger partial charge in [0, 0.05) is 24.5 Å². The normalized spacial score (nSPS) is 16.4. The molecule has 214 valence electrons. The van der Waals surface area contributed by atoms with E-state index in [-0.39, 0.29) is 22.3 Å². The second kappa shape index (κ2) is 13.5. The Hall–Kier alpha value is -0.766. The Labute approximate surface area is 231 Å². The van der Waals surface area contributed by atoms with Gasteiger partial charge in [-0.05, 0) is 54.7 Å². The van der Waals surface area contributed by atoms with Crippen molar-refractivity contribution in [2.75, 3.05) is 6.61 Å². The molecule has 0 aliphatic heterocycles. The molecule has 1 rings (SSSR count). The zero-order valence-electron chi connectivity index (χ0n) is 26.1. The van der Waals surface area contributed by atoms with Crippen LogP contribution in [0.1, 0.15) is 80.2 Å². The van der Waals surface area contributed by atoms with E-state index in [2.05, 4.69) is 86.4 Å². The van der Waals surface area contributed by atoms with Gasteiger partial charge in [-0.2, -0.15) is 0 Å². The first-order valence-corrected chi connectivity index (χ1v) is 19.8. The molecule has 0 radical (unpaired) electrons. The van der Waals surface area contributed by atoms with Crippen molar-refractivity contribution in [2.45, 2.75) is 136 Å². The van der Waals surface area contributed by atoms with Gasteiger partial charge in [0.05, 0.1) is 18.8 Å². The second-order valence-corrected chi connectivity index (χ2v) is 23.9. The molecule has 0 aliphatic carbocycles. The standard InChI is InChI=1S/C31H58O4Si2/c1-14-31(8,9)28(32)23-27(33-24-25-18-16-15-17-19-25)22-26(35-37(12,13)30(5,6)7)20-21-34-36(10,11)29(2,3)4/h14-19,26-28,32H,1,20-24H2,2-13H3/t26-,27+,28-/m0/s1. The quantitative estimate of drug-likeness (QED) is 0.175. The smallest absolute Gasteiger partial charge is 0.192 e. The summed E-state index contributed by atoms with van der Waals surface area (Å²) in [7, 11) is -3.86. The average Bonchev–Trinajstić information content (AvgIpc) is 2.76. The molecule has 0 amide bonds. The van der Waals surface area contributed by atoms with Crippen LogP contribution in [0.3, 0.4) is 0 Å². The molecule has 0 saturated carbocycles. The Morgan fingerprint density at radius 1 is 0.838 bits per heavy atom. The fraction of sp³-hybridized carbons (Fsp3) is 0.742. The highest BCUT2D eigenvalue weighted by molar-refractivity contribution is 6.74.